The number of quaternary nitrogens is 1. The molecule has 22 rings (SSSR count). The summed E-state index contributed by atoms with van der Waals surface area (Å²) in [7, 11) is 0. The Bertz CT molecular complexity index is 6840. The van der Waals surface area contributed by atoms with Crippen LogP contribution in [0.15, 0.2) is 466 Å². The predicted octanol–water partition coefficient (Wildman–Crippen LogP) is 30.1. The number of halogens is 1. The topological polar surface area (TPSA) is 13.1 Å². The fourth-order valence-corrected chi connectivity index (χ4v) is 18.8. The molecule has 0 radical (unpaired) electrons. The molecule has 2 aliphatic rings. The first-order chi connectivity index (χ1) is 57.0. The van der Waals surface area contributed by atoms with E-state index in [9.17, 15) is 0 Å². The van der Waals surface area contributed by atoms with Crippen LogP contribution in [0, 0.1) is 0 Å². The van der Waals surface area contributed by atoms with Gasteiger partial charge in [0.1, 0.15) is 11.4 Å². The van der Waals surface area contributed by atoms with Gasteiger partial charge >= 0.3 is 0 Å². The third kappa shape index (κ3) is 12.2. The van der Waals surface area contributed by atoms with Gasteiger partial charge in [-0.05, 0) is 165 Å². The monoisotopic (exact) mass is 1530 g/mol. The zero-order valence-electron chi connectivity index (χ0n) is 63.3. The summed E-state index contributed by atoms with van der Waals surface area (Å²) in [6.07, 6.45) is 0.925. The molecule has 0 N–H and O–H groups in total. The first-order valence-corrected chi connectivity index (χ1v) is 40.3. The molecular formula is C110H78BrN4+. The Kier molecular flexibility index (Phi) is 18.3. The highest BCUT2D eigenvalue weighted by molar-refractivity contribution is 9.10. The summed E-state index contributed by atoms with van der Waals surface area (Å²) in [5.74, 6) is 0. The number of para-hydroxylation sites is 9. The van der Waals surface area contributed by atoms with E-state index < -0.39 is 5.41 Å². The van der Waals surface area contributed by atoms with E-state index in [-0.39, 0.29) is 0 Å². The Labute approximate surface area is 679 Å². The lowest BCUT2D eigenvalue weighted by atomic mass is 9.67. The van der Waals surface area contributed by atoms with Crippen LogP contribution in [-0.2, 0) is 11.8 Å². The number of nitrogens with zero attached hydrogens (tertiary/aromatic N) is 4. The Morgan fingerprint density at radius 2 is 0.678 bits per heavy atom. The molecule has 1 aliphatic heterocycles. The van der Waals surface area contributed by atoms with Crippen LogP contribution in [-0.4, -0.2) is 9.13 Å². The molecule has 2 aromatic heterocycles. The van der Waals surface area contributed by atoms with Gasteiger partial charge < -0.3 is 14.0 Å². The van der Waals surface area contributed by atoms with Gasteiger partial charge in [0, 0.05) is 90.7 Å². The molecule has 1 aliphatic carbocycles. The van der Waals surface area contributed by atoms with E-state index in [0.29, 0.717) is 4.48 Å². The van der Waals surface area contributed by atoms with Gasteiger partial charge in [-0.25, -0.2) is 0 Å². The van der Waals surface area contributed by atoms with Gasteiger partial charge in [0.2, 0.25) is 0 Å². The molecule has 0 saturated heterocycles. The average Bonchev–Trinajstić information content (AvgIpc) is 1.55. The lowest BCUT2D eigenvalue weighted by Crippen LogP contribution is -2.31. The maximum atomic E-state index is 3.69. The van der Waals surface area contributed by atoms with E-state index in [2.05, 4.69) is 485 Å². The van der Waals surface area contributed by atoms with Crippen molar-refractivity contribution in [3.63, 3.8) is 0 Å². The number of aromatic nitrogens is 2. The summed E-state index contributed by atoms with van der Waals surface area (Å²) in [5, 5.41) is 5.05. The van der Waals surface area contributed by atoms with Gasteiger partial charge in [0.05, 0.1) is 44.3 Å². The van der Waals surface area contributed by atoms with E-state index in [0.717, 1.165) is 44.8 Å². The second-order valence-electron chi connectivity index (χ2n) is 29.6. The number of hydrogen-bond donors (Lipinski definition) is 0. The Morgan fingerprint density at radius 1 is 0.261 bits per heavy atom. The molecule has 0 unspecified atom stereocenters. The Morgan fingerprint density at radius 3 is 1.25 bits per heavy atom. The van der Waals surface area contributed by atoms with Crippen molar-refractivity contribution in [3.05, 3.63) is 499 Å². The van der Waals surface area contributed by atoms with Crippen molar-refractivity contribution < 1.29 is 0 Å². The van der Waals surface area contributed by atoms with E-state index in [1.807, 2.05) is 6.07 Å². The Hall–Kier alpha value is -14.2. The normalized spacial score (nSPS) is 12.6. The summed E-state index contributed by atoms with van der Waals surface area (Å²) >= 11 is 3.69. The smallest absolute Gasteiger partial charge is 0.156 e. The highest BCUT2D eigenvalue weighted by Gasteiger charge is 2.49. The first kappa shape index (κ1) is 70.0. The van der Waals surface area contributed by atoms with Crippen molar-refractivity contribution in [2.45, 2.75) is 11.8 Å². The van der Waals surface area contributed by atoms with Gasteiger partial charge in [-0.3, -0.25) is 0 Å². The highest BCUT2D eigenvalue weighted by Crippen LogP contribution is 2.63. The van der Waals surface area contributed by atoms with Crippen LogP contribution >= 0.6 is 15.9 Å². The molecule has 0 amide bonds. The van der Waals surface area contributed by atoms with E-state index >= 15 is 0 Å². The molecular weight excluding hydrogens is 1460 g/mol. The highest BCUT2D eigenvalue weighted by atomic mass is 79.9. The molecule has 3 heterocycles. The third-order valence-electron chi connectivity index (χ3n) is 23.2. The average molecular weight is 1540 g/mol. The maximum absolute atomic E-state index is 3.69. The predicted molar refractivity (Wildman–Crippen MR) is 487 cm³/mol. The minimum absolute atomic E-state index is 0.498. The van der Waals surface area contributed by atoms with E-state index in [1.54, 1.807) is 0 Å². The molecule has 0 fully saturated rings. The number of anilines is 3. The molecule has 18 aromatic carbocycles. The van der Waals surface area contributed by atoms with Crippen LogP contribution in [0.25, 0.3) is 99.5 Å². The van der Waals surface area contributed by atoms with Crippen LogP contribution in [0.5, 0.6) is 0 Å². The van der Waals surface area contributed by atoms with Crippen molar-refractivity contribution in [1.29, 1.82) is 0 Å². The van der Waals surface area contributed by atoms with Crippen LogP contribution in [0.4, 0.5) is 39.8 Å². The van der Waals surface area contributed by atoms with Crippen molar-refractivity contribution in [2.75, 3.05) is 4.90 Å². The minimum Gasteiger partial charge on any atom is -0.310 e. The summed E-state index contributed by atoms with van der Waals surface area (Å²) in [6.45, 7) is 0. The number of hydrogen-bond acceptors (Lipinski definition) is 1. The van der Waals surface area contributed by atoms with Gasteiger partial charge in [0.25, 0.3) is 0 Å². The van der Waals surface area contributed by atoms with Gasteiger partial charge in [-0.1, -0.05) is 344 Å². The zero-order chi connectivity index (χ0) is 76.7. The van der Waals surface area contributed by atoms with Crippen molar-refractivity contribution in [2.24, 2.45) is 0 Å². The van der Waals surface area contributed by atoms with Gasteiger partial charge in [-0.2, -0.15) is 4.48 Å². The Balaban J connectivity index is 0.000000124. The van der Waals surface area contributed by atoms with Crippen molar-refractivity contribution >= 4 is 99.4 Å². The minimum atomic E-state index is -0.498. The molecule has 0 atom stereocenters. The molecule has 5 heteroatoms. The summed E-state index contributed by atoms with van der Waals surface area (Å²) in [5.41, 5.74) is 32.8. The zero-order valence-corrected chi connectivity index (χ0v) is 64.8. The third-order valence-corrected chi connectivity index (χ3v) is 23.9. The summed E-state index contributed by atoms with van der Waals surface area (Å²) in [4.78, 5) is 2.44. The first-order valence-electron chi connectivity index (χ1n) is 39.5. The van der Waals surface area contributed by atoms with Crippen molar-refractivity contribution in [1.82, 2.24) is 13.6 Å². The fourth-order valence-electron chi connectivity index (χ4n) is 18.3. The van der Waals surface area contributed by atoms with Crippen LogP contribution in [0.1, 0.15) is 33.4 Å². The number of fused-ring (bicyclic) bond motifs is 12. The van der Waals surface area contributed by atoms with E-state index in [1.165, 1.54) is 139 Å². The molecule has 115 heavy (non-hydrogen) atoms. The molecule has 0 spiro atoms. The molecule has 544 valence electrons. The molecule has 0 saturated carbocycles. The lowest BCUT2D eigenvalue weighted by molar-refractivity contribution is 0.720. The van der Waals surface area contributed by atoms with E-state index in [4.69, 9.17) is 0 Å². The SMILES string of the molecule is Brc1ccccc1-c1ccc2c3ccccc3n(-c3ccccc3)c2c1.c1ccc(Cc2ccc3c(c2)[N+](c2ccccc2)(c2ccccc2)c2ccccc2-3)cc1.c1ccc(N(c2ccc3c(c2)C(c2ccccc2)(c2ccccc2)c2ccccc2-3)c2ccccc2-c2ccc3c4ccccc4n(-c4ccccc4)c3c2)cc1. The van der Waals surface area contributed by atoms with Crippen LogP contribution in [0.3, 0.4) is 0 Å². The van der Waals surface area contributed by atoms with Crippen LogP contribution in [0.2, 0.25) is 0 Å². The quantitative estimate of drug-likeness (QED) is 0.105. The van der Waals surface area contributed by atoms with Gasteiger partial charge in [-0.15, -0.1) is 0 Å². The standard InChI is InChI=1S/C55H38N2.C31H24N.C24H16BrN/c1-5-19-40(20-6-1)55(41-21-7-2-8-22-41)50-30-16-13-28-46(50)47-36-34-44(38-51(47)55)56(42-23-9-3-10-24-42)52-31-17-14-27-45(52)39-33-35-49-48-29-15-18-32-53(48)57(54(49)37-39)43-25-11-4-12-26-43;1-4-12-24(13-5-1)22-25-20-21-29-28-18-10-11-19-30(28)32(31(29)23-25,26-14-6-2-7-15-26)27-16-8-3-9-17-27;25-22-12-6-4-10-19(22)17-14-15-21-20-11-5-7-13-23(20)26(24(21)16-17)18-8-2-1-3-9-18/h1-38H;1-21,23H,22H2;1-16H/q;+1;. The lowest BCUT2D eigenvalue weighted by Gasteiger charge is -2.35. The largest absolute Gasteiger partial charge is 0.310 e. The molecule has 20 aromatic rings. The second-order valence-corrected chi connectivity index (χ2v) is 30.5. The fraction of sp³-hybridized carbons (Fsp3) is 0.0182. The molecule has 4 nitrogen and oxygen atoms in total. The van der Waals surface area contributed by atoms with Crippen molar-refractivity contribution in [3.8, 4) is 55.9 Å². The van der Waals surface area contributed by atoms with Crippen LogP contribution < -0.4 is 9.38 Å². The second kappa shape index (κ2) is 30.1. The summed E-state index contributed by atoms with van der Waals surface area (Å²) < 4.78 is 6.47. The summed E-state index contributed by atoms with van der Waals surface area (Å²) in [6, 6.07) is 167. The number of rotatable bonds is 13. The maximum Gasteiger partial charge on any atom is 0.156 e. The molecule has 0 bridgehead atoms. The number of benzene rings is 18. The van der Waals surface area contributed by atoms with Gasteiger partial charge in [0.15, 0.2) is 11.4 Å².